The number of carboxylic acid groups (broad SMARTS) is 1. The zero-order chi connectivity index (χ0) is 22.9. The fourth-order valence-corrected chi connectivity index (χ4v) is 3.62. The van der Waals surface area contributed by atoms with Crippen LogP contribution in [-0.4, -0.2) is 17.0 Å². The van der Waals surface area contributed by atoms with E-state index in [-0.39, 0.29) is 23.9 Å². The third kappa shape index (κ3) is 6.56. The number of nitrogens with one attached hydrogen (secondary N) is 1. The van der Waals surface area contributed by atoms with Gasteiger partial charge in [-0.2, -0.15) is 0 Å². The van der Waals surface area contributed by atoms with Crippen molar-refractivity contribution in [3.63, 3.8) is 0 Å². The van der Waals surface area contributed by atoms with Crippen molar-refractivity contribution >= 4 is 33.9 Å². The molecule has 0 saturated carbocycles. The van der Waals surface area contributed by atoms with Gasteiger partial charge in [0.2, 0.25) is 5.91 Å². The van der Waals surface area contributed by atoms with E-state index in [9.17, 15) is 14.7 Å². The SMILES string of the molecule is CCC(CC(=O)N/C(=C/c1ccc(Oc2ccccc2Br)cc1)C(=O)O)c1ccccc1. The number of ether oxygens (including phenoxy) is 1. The molecule has 3 rings (SSSR count). The van der Waals surface area contributed by atoms with Crippen LogP contribution in [0.5, 0.6) is 11.5 Å². The number of benzene rings is 3. The third-order valence-electron chi connectivity index (χ3n) is 4.96. The van der Waals surface area contributed by atoms with Crippen molar-refractivity contribution in [3.8, 4) is 11.5 Å². The van der Waals surface area contributed by atoms with Crippen LogP contribution in [0.1, 0.15) is 36.8 Å². The molecular formula is C26H24BrNO4. The maximum absolute atomic E-state index is 12.5. The number of carbonyl (C=O) groups excluding carboxylic acids is 1. The number of amides is 1. The first-order chi connectivity index (χ1) is 15.5. The number of hydrogen-bond donors (Lipinski definition) is 2. The van der Waals surface area contributed by atoms with E-state index in [1.54, 1.807) is 24.3 Å². The molecular weight excluding hydrogens is 470 g/mol. The first-order valence-electron chi connectivity index (χ1n) is 10.3. The van der Waals surface area contributed by atoms with E-state index >= 15 is 0 Å². The molecule has 2 N–H and O–H groups in total. The van der Waals surface area contributed by atoms with Crippen LogP contribution in [0.3, 0.4) is 0 Å². The number of carbonyl (C=O) groups is 2. The molecule has 164 valence electrons. The monoisotopic (exact) mass is 493 g/mol. The van der Waals surface area contributed by atoms with E-state index in [0.29, 0.717) is 17.1 Å². The topological polar surface area (TPSA) is 75.6 Å². The lowest BCUT2D eigenvalue weighted by Gasteiger charge is -2.15. The van der Waals surface area contributed by atoms with Gasteiger partial charge < -0.3 is 15.2 Å². The van der Waals surface area contributed by atoms with Gasteiger partial charge in [0.15, 0.2) is 0 Å². The Morgan fingerprint density at radius 1 is 1.00 bits per heavy atom. The summed E-state index contributed by atoms with van der Waals surface area (Å²) in [5.74, 6) is -0.204. The van der Waals surface area contributed by atoms with Crippen LogP contribution >= 0.6 is 15.9 Å². The fourth-order valence-electron chi connectivity index (χ4n) is 3.25. The van der Waals surface area contributed by atoms with Gasteiger partial charge in [-0.05, 0) is 69.7 Å². The zero-order valence-electron chi connectivity index (χ0n) is 17.6. The minimum absolute atomic E-state index is 0.0278. The summed E-state index contributed by atoms with van der Waals surface area (Å²) in [6.07, 6.45) is 2.43. The second-order valence-electron chi connectivity index (χ2n) is 7.23. The predicted molar refractivity (Wildman–Crippen MR) is 129 cm³/mol. The van der Waals surface area contributed by atoms with Crippen molar-refractivity contribution in [2.45, 2.75) is 25.7 Å². The minimum Gasteiger partial charge on any atom is -0.477 e. The summed E-state index contributed by atoms with van der Waals surface area (Å²) in [4.78, 5) is 24.2. The Morgan fingerprint density at radius 3 is 2.28 bits per heavy atom. The molecule has 1 amide bonds. The largest absolute Gasteiger partial charge is 0.477 e. The van der Waals surface area contributed by atoms with Crippen LogP contribution in [0.25, 0.3) is 6.08 Å². The van der Waals surface area contributed by atoms with Gasteiger partial charge in [0.05, 0.1) is 4.47 Å². The summed E-state index contributed by atoms with van der Waals surface area (Å²) in [7, 11) is 0. The number of para-hydroxylation sites is 1. The predicted octanol–water partition coefficient (Wildman–Crippen LogP) is 6.37. The van der Waals surface area contributed by atoms with E-state index in [1.807, 2.05) is 61.5 Å². The van der Waals surface area contributed by atoms with Gasteiger partial charge in [0, 0.05) is 6.42 Å². The normalized spacial score (nSPS) is 12.1. The first-order valence-corrected chi connectivity index (χ1v) is 11.1. The second-order valence-corrected chi connectivity index (χ2v) is 8.09. The molecule has 3 aromatic carbocycles. The highest BCUT2D eigenvalue weighted by atomic mass is 79.9. The Morgan fingerprint density at radius 2 is 1.66 bits per heavy atom. The van der Waals surface area contributed by atoms with Gasteiger partial charge in [-0.3, -0.25) is 4.79 Å². The van der Waals surface area contributed by atoms with Crippen molar-refractivity contribution < 1.29 is 19.4 Å². The summed E-state index contributed by atoms with van der Waals surface area (Å²) < 4.78 is 6.66. The molecule has 1 unspecified atom stereocenters. The summed E-state index contributed by atoms with van der Waals surface area (Å²) in [6.45, 7) is 2.01. The molecule has 0 aliphatic rings. The summed E-state index contributed by atoms with van der Waals surface area (Å²) in [5, 5.41) is 12.1. The van der Waals surface area contributed by atoms with Crippen molar-refractivity contribution in [1.29, 1.82) is 0 Å². The average Bonchev–Trinajstić information content (AvgIpc) is 2.80. The minimum atomic E-state index is -1.19. The Hall–Kier alpha value is -3.38. The average molecular weight is 494 g/mol. The molecule has 0 aromatic heterocycles. The molecule has 0 aliphatic carbocycles. The Labute approximate surface area is 195 Å². The van der Waals surface area contributed by atoms with Gasteiger partial charge in [0.1, 0.15) is 17.2 Å². The molecule has 0 fully saturated rings. The van der Waals surface area contributed by atoms with Crippen molar-refractivity contribution in [1.82, 2.24) is 5.32 Å². The molecule has 0 aliphatic heterocycles. The van der Waals surface area contributed by atoms with Gasteiger partial charge in [0.25, 0.3) is 0 Å². The van der Waals surface area contributed by atoms with E-state index < -0.39 is 5.97 Å². The molecule has 1 atom stereocenters. The molecule has 0 radical (unpaired) electrons. The lowest BCUT2D eigenvalue weighted by molar-refractivity contribution is -0.134. The Bertz CT molecular complexity index is 1090. The van der Waals surface area contributed by atoms with Crippen LogP contribution in [0.4, 0.5) is 0 Å². The Balaban J connectivity index is 1.68. The van der Waals surface area contributed by atoms with E-state index in [4.69, 9.17) is 4.74 Å². The second kappa shape index (κ2) is 11.3. The summed E-state index contributed by atoms with van der Waals surface area (Å²) in [6, 6.07) is 24.2. The van der Waals surface area contributed by atoms with Gasteiger partial charge in [-0.15, -0.1) is 0 Å². The molecule has 5 nitrogen and oxygen atoms in total. The Kier molecular flexibility index (Phi) is 8.22. The molecule has 0 saturated heterocycles. The van der Waals surface area contributed by atoms with E-state index in [2.05, 4.69) is 21.2 Å². The van der Waals surface area contributed by atoms with Crippen molar-refractivity contribution in [2.24, 2.45) is 0 Å². The number of rotatable bonds is 9. The van der Waals surface area contributed by atoms with Crippen LogP contribution in [0.15, 0.2) is 89.0 Å². The highest BCUT2D eigenvalue weighted by Gasteiger charge is 2.17. The number of halogens is 1. The van der Waals surface area contributed by atoms with Crippen molar-refractivity contribution in [3.05, 3.63) is 100 Å². The fraction of sp³-hybridized carbons (Fsp3) is 0.154. The van der Waals surface area contributed by atoms with Gasteiger partial charge in [-0.25, -0.2) is 4.79 Å². The summed E-state index contributed by atoms with van der Waals surface area (Å²) >= 11 is 3.44. The lowest BCUT2D eigenvalue weighted by atomic mass is 9.93. The molecule has 0 spiro atoms. The number of aliphatic carboxylic acids is 1. The maximum atomic E-state index is 12.5. The van der Waals surface area contributed by atoms with E-state index in [0.717, 1.165) is 16.5 Å². The number of hydrogen-bond acceptors (Lipinski definition) is 3. The van der Waals surface area contributed by atoms with Gasteiger partial charge >= 0.3 is 5.97 Å². The van der Waals surface area contributed by atoms with E-state index in [1.165, 1.54) is 6.08 Å². The standard InChI is InChI=1S/C26H24BrNO4/c1-2-19(20-8-4-3-5-9-20)17-25(29)28-23(26(30)31)16-18-12-14-21(15-13-18)32-24-11-7-6-10-22(24)27/h3-16,19H,2,17H2,1H3,(H,28,29)(H,30,31)/b23-16+. The lowest BCUT2D eigenvalue weighted by Crippen LogP contribution is -2.28. The molecule has 32 heavy (non-hydrogen) atoms. The van der Waals surface area contributed by atoms with Crippen LogP contribution in [0, 0.1) is 0 Å². The smallest absolute Gasteiger partial charge is 0.352 e. The quantitative estimate of drug-likeness (QED) is 0.339. The molecule has 3 aromatic rings. The molecule has 0 heterocycles. The van der Waals surface area contributed by atoms with Crippen molar-refractivity contribution in [2.75, 3.05) is 0 Å². The molecule has 6 heteroatoms. The third-order valence-corrected chi connectivity index (χ3v) is 5.61. The maximum Gasteiger partial charge on any atom is 0.352 e. The highest BCUT2D eigenvalue weighted by Crippen LogP contribution is 2.29. The highest BCUT2D eigenvalue weighted by molar-refractivity contribution is 9.10. The van der Waals surface area contributed by atoms with Crippen LogP contribution in [-0.2, 0) is 9.59 Å². The number of carboxylic acids is 1. The zero-order valence-corrected chi connectivity index (χ0v) is 19.2. The van der Waals surface area contributed by atoms with Crippen LogP contribution in [0.2, 0.25) is 0 Å². The van der Waals surface area contributed by atoms with Gasteiger partial charge in [-0.1, -0.05) is 61.5 Å². The van der Waals surface area contributed by atoms with Crippen LogP contribution < -0.4 is 10.1 Å². The molecule has 0 bridgehead atoms. The first kappa shape index (κ1) is 23.3. The summed E-state index contributed by atoms with van der Waals surface area (Å²) in [5.41, 5.74) is 1.53.